The van der Waals surface area contributed by atoms with Gasteiger partial charge in [0.1, 0.15) is 30.8 Å². The van der Waals surface area contributed by atoms with Crippen LogP contribution in [0.15, 0.2) is 48.5 Å². The van der Waals surface area contributed by atoms with Crippen LogP contribution in [0, 0.1) is 0 Å². The van der Waals surface area contributed by atoms with E-state index in [4.69, 9.17) is 14.2 Å². The molecule has 0 aliphatic carbocycles. The van der Waals surface area contributed by atoms with Crippen molar-refractivity contribution in [2.24, 2.45) is 0 Å². The number of carbonyl (C=O) groups excluding carboxylic acids is 3. The van der Waals surface area contributed by atoms with Crippen LogP contribution in [0.3, 0.4) is 0 Å². The van der Waals surface area contributed by atoms with E-state index < -0.39 is 23.8 Å². The first-order valence-corrected chi connectivity index (χ1v) is 8.43. The number of amides is 2. The smallest absolute Gasteiger partial charge is 0.329 e. The minimum absolute atomic E-state index is 0.00162. The van der Waals surface area contributed by atoms with Gasteiger partial charge in [0.15, 0.2) is 0 Å². The molecule has 1 aliphatic heterocycles. The van der Waals surface area contributed by atoms with E-state index in [1.807, 2.05) is 0 Å². The lowest BCUT2D eigenvalue weighted by Crippen LogP contribution is -2.44. The van der Waals surface area contributed by atoms with E-state index in [1.165, 1.54) is 6.92 Å². The molecule has 0 fully saturated rings. The SMILES string of the molecule is COc1ccc(OCCOC(=O)[C@@H](C)N2C(=O)c3ccccc3C2=O)cc1. The Morgan fingerprint density at radius 1 is 0.926 bits per heavy atom. The van der Waals surface area contributed by atoms with E-state index in [2.05, 4.69) is 0 Å². The Labute approximate surface area is 156 Å². The van der Waals surface area contributed by atoms with Crippen molar-refractivity contribution in [1.29, 1.82) is 0 Å². The van der Waals surface area contributed by atoms with Crippen LogP contribution in [0.2, 0.25) is 0 Å². The second kappa shape index (κ2) is 7.90. The van der Waals surface area contributed by atoms with E-state index in [0.717, 1.165) is 4.90 Å². The van der Waals surface area contributed by atoms with Crippen molar-refractivity contribution in [1.82, 2.24) is 4.90 Å². The van der Waals surface area contributed by atoms with Gasteiger partial charge in [-0.15, -0.1) is 0 Å². The number of benzene rings is 2. The van der Waals surface area contributed by atoms with Crippen LogP contribution in [-0.2, 0) is 9.53 Å². The van der Waals surface area contributed by atoms with Gasteiger partial charge >= 0.3 is 5.97 Å². The number of hydrogen-bond acceptors (Lipinski definition) is 6. The maximum Gasteiger partial charge on any atom is 0.329 e. The van der Waals surface area contributed by atoms with Crippen molar-refractivity contribution >= 4 is 17.8 Å². The minimum atomic E-state index is -1.02. The molecule has 0 bridgehead atoms. The van der Waals surface area contributed by atoms with Gasteiger partial charge in [0, 0.05) is 0 Å². The largest absolute Gasteiger partial charge is 0.497 e. The number of esters is 1. The zero-order chi connectivity index (χ0) is 19.4. The molecular weight excluding hydrogens is 350 g/mol. The number of carbonyl (C=O) groups is 3. The van der Waals surface area contributed by atoms with Crippen molar-refractivity contribution in [3.05, 3.63) is 59.7 Å². The molecular formula is C20H19NO6. The molecule has 0 saturated carbocycles. The number of imide groups is 1. The third-order valence-electron chi connectivity index (χ3n) is 4.21. The van der Waals surface area contributed by atoms with Gasteiger partial charge in [-0.1, -0.05) is 12.1 Å². The second-order valence-corrected chi connectivity index (χ2v) is 5.89. The van der Waals surface area contributed by atoms with E-state index in [1.54, 1.807) is 55.6 Å². The molecule has 3 rings (SSSR count). The van der Waals surface area contributed by atoms with Crippen LogP contribution in [0.4, 0.5) is 0 Å². The summed E-state index contributed by atoms with van der Waals surface area (Å²) in [5.41, 5.74) is 0.593. The van der Waals surface area contributed by atoms with Crippen LogP contribution in [0.5, 0.6) is 11.5 Å². The first kappa shape index (κ1) is 18.4. The summed E-state index contributed by atoms with van der Waals surface area (Å²) in [5, 5.41) is 0. The third-order valence-corrected chi connectivity index (χ3v) is 4.21. The molecule has 2 aromatic carbocycles. The van der Waals surface area contributed by atoms with Gasteiger partial charge in [-0.05, 0) is 43.3 Å². The first-order valence-electron chi connectivity index (χ1n) is 8.43. The molecule has 0 radical (unpaired) electrons. The van der Waals surface area contributed by atoms with Gasteiger partial charge in [0.2, 0.25) is 0 Å². The van der Waals surface area contributed by atoms with Crippen molar-refractivity contribution < 1.29 is 28.6 Å². The lowest BCUT2D eigenvalue weighted by molar-refractivity contribution is -0.148. The Kier molecular flexibility index (Phi) is 5.40. The van der Waals surface area contributed by atoms with E-state index in [0.29, 0.717) is 22.6 Å². The number of fused-ring (bicyclic) bond motifs is 1. The van der Waals surface area contributed by atoms with Crippen molar-refractivity contribution in [3.8, 4) is 11.5 Å². The number of nitrogens with zero attached hydrogens (tertiary/aromatic N) is 1. The van der Waals surface area contributed by atoms with Gasteiger partial charge in [0.25, 0.3) is 11.8 Å². The molecule has 27 heavy (non-hydrogen) atoms. The Bertz CT molecular complexity index is 826. The highest BCUT2D eigenvalue weighted by molar-refractivity contribution is 6.22. The molecule has 1 atom stereocenters. The number of rotatable bonds is 7. The quantitative estimate of drug-likeness (QED) is 0.423. The topological polar surface area (TPSA) is 82.1 Å². The molecule has 0 saturated heterocycles. The molecule has 140 valence electrons. The highest BCUT2D eigenvalue weighted by atomic mass is 16.6. The fourth-order valence-electron chi connectivity index (χ4n) is 2.76. The summed E-state index contributed by atoms with van der Waals surface area (Å²) in [6, 6.07) is 12.5. The fourth-order valence-corrected chi connectivity index (χ4v) is 2.76. The van der Waals surface area contributed by atoms with Crippen molar-refractivity contribution in [3.63, 3.8) is 0 Å². The Morgan fingerprint density at radius 2 is 1.48 bits per heavy atom. The molecule has 0 N–H and O–H groups in total. The van der Waals surface area contributed by atoms with E-state index >= 15 is 0 Å². The molecule has 0 aromatic heterocycles. The maximum atomic E-state index is 12.4. The van der Waals surface area contributed by atoms with Crippen LogP contribution >= 0.6 is 0 Å². The summed E-state index contributed by atoms with van der Waals surface area (Å²) in [4.78, 5) is 37.9. The summed E-state index contributed by atoms with van der Waals surface area (Å²) in [7, 11) is 1.57. The monoisotopic (exact) mass is 369 g/mol. The molecule has 7 nitrogen and oxygen atoms in total. The maximum absolute atomic E-state index is 12.4. The Balaban J connectivity index is 1.51. The first-order chi connectivity index (χ1) is 13.0. The molecule has 2 aromatic rings. The molecule has 1 aliphatic rings. The summed E-state index contributed by atoms with van der Waals surface area (Å²) < 4.78 is 15.7. The molecule has 7 heteroatoms. The zero-order valence-electron chi connectivity index (χ0n) is 15.0. The standard InChI is InChI=1S/C20H19NO6/c1-13(21-18(22)16-5-3-4-6-17(16)19(21)23)20(24)27-12-11-26-15-9-7-14(25-2)8-10-15/h3-10,13H,11-12H2,1-2H3/t13-/m1/s1. The van der Waals surface area contributed by atoms with E-state index in [-0.39, 0.29) is 13.2 Å². The van der Waals surface area contributed by atoms with Crippen LogP contribution in [0.1, 0.15) is 27.6 Å². The Morgan fingerprint density at radius 3 is 2.04 bits per heavy atom. The average molecular weight is 369 g/mol. The number of methoxy groups -OCH3 is 1. The highest BCUT2D eigenvalue weighted by Crippen LogP contribution is 2.24. The van der Waals surface area contributed by atoms with Gasteiger partial charge in [0.05, 0.1) is 18.2 Å². The number of hydrogen-bond donors (Lipinski definition) is 0. The lowest BCUT2D eigenvalue weighted by Gasteiger charge is -2.20. The molecule has 2 amide bonds. The molecule has 1 heterocycles. The lowest BCUT2D eigenvalue weighted by atomic mass is 10.1. The molecule has 0 spiro atoms. The van der Waals surface area contributed by atoms with Gasteiger partial charge in [-0.3, -0.25) is 14.5 Å². The molecule has 0 unspecified atom stereocenters. The van der Waals surface area contributed by atoms with Crippen LogP contribution < -0.4 is 9.47 Å². The fraction of sp³-hybridized carbons (Fsp3) is 0.250. The van der Waals surface area contributed by atoms with E-state index in [9.17, 15) is 14.4 Å². The average Bonchev–Trinajstić information content (AvgIpc) is 2.95. The van der Waals surface area contributed by atoms with Gasteiger partial charge < -0.3 is 14.2 Å². The Hall–Kier alpha value is -3.35. The third kappa shape index (κ3) is 3.76. The predicted octanol–water partition coefficient (Wildman–Crippen LogP) is 2.30. The van der Waals surface area contributed by atoms with Crippen molar-refractivity contribution in [2.75, 3.05) is 20.3 Å². The summed E-state index contributed by atoms with van der Waals surface area (Å²) in [5.74, 6) is -0.323. The summed E-state index contributed by atoms with van der Waals surface area (Å²) in [6.07, 6.45) is 0. The van der Waals surface area contributed by atoms with Gasteiger partial charge in [-0.2, -0.15) is 0 Å². The van der Waals surface area contributed by atoms with Crippen LogP contribution in [-0.4, -0.2) is 49.0 Å². The summed E-state index contributed by atoms with van der Waals surface area (Å²) >= 11 is 0. The highest BCUT2D eigenvalue weighted by Gasteiger charge is 2.41. The van der Waals surface area contributed by atoms with Gasteiger partial charge in [-0.25, -0.2) is 4.79 Å². The zero-order valence-corrected chi connectivity index (χ0v) is 15.0. The number of ether oxygens (including phenoxy) is 3. The summed E-state index contributed by atoms with van der Waals surface area (Å²) in [6.45, 7) is 1.61. The normalized spacial score (nSPS) is 13.9. The van der Waals surface area contributed by atoms with Crippen molar-refractivity contribution in [2.45, 2.75) is 13.0 Å². The predicted molar refractivity (Wildman–Crippen MR) is 95.9 cm³/mol. The minimum Gasteiger partial charge on any atom is -0.497 e. The van der Waals surface area contributed by atoms with Crippen LogP contribution in [0.25, 0.3) is 0 Å². The second-order valence-electron chi connectivity index (χ2n) is 5.89.